The van der Waals surface area contributed by atoms with Crippen LogP contribution in [0.1, 0.15) is 12.5 Å². The second-order valence-corrected chi connectivity index (χ2v) is 9.01. The van der Waals surface area contributed by atoms with Crippen molar-refractivity contribution in [2.75, 3.05) is 52.4 Å². The van der Waals surface area contributed by atoms with Crippen LogP contribution < -0.4 is 5.32 Å². The third kappa shape index (κ3) is 5.89. The van der Waals surface area contributed by atoms with Crippen LogP contribution in [0.3, 0.4) is 0 Å². The Morgan fingerprint density at radius 3 is 2.41 bits per heavy atom. The quantitative estimate of drug-likeness (QED) is 0.751. The largest absolute Gasteiger partial charge is 0.339 e. The third-order valence-corrected chi connectivity index (χ3v) is 7.00. The lowest BCUT2D eigenvalue weighted by atomic mass is 10.2. The average molecular weight is 417 g/mol. The minimum atomic E-state index is -3.34. The van der Waals surface area contributed by atoms with Crippen LogP contribution in [0, 0.1) is 0 Å². The first-order chi connectivity index (χ1) is 12.5. The SMILES string of the molecule is C[C@H]1CNCCN1CC(=O)N1CCN(S(=O)(=O)Cc2ccccc2)CC1.Cl. The van der Waals surface area contributed by atoms with Crippen molar-refractivity contribution in [2.45, 2.75) is 18.7 Å². The van der Waals surface area contributed by atoms with E-state index >= 15 is 0 Å². The Hall–Kier alpha value is -1.19. The van der Waals surface area contributed by atoms with Crippen molar-refractivity contribution in [1.29, 1.82) is 0 Å². The molecule has 1 aromatic carbocycles. The lowest BCUT2D eigenvalue weighted by Crippen LogP contribution is -2.56. The van der Waals surface area contributed by atoms with Crippen molar-refractivity contribution in [1.82, 2.24) is 19.4 Å². The first kappa shape index (κ1) is 22.1. The second kappa shape index (κ2) is 9.84. The molecule has 0 bridgehead atoms. The van der Waals surface area contributed by atoms with E-state index in [1.807, 2.05) is 30.3 Å². The van der Waals surface area contributed by atoms with Crippen molar-refractivity contribution in [3.8, 4) is 0 Å². The number of sulfonamides is 1. The molecule has 0 radical (unpaired) electrons. The van der Waals surface area contributed by atoms with Gasteiger partial charge in [-0.1, -0.05) is 30.3 Å². The van der Waals surface area contributed by atoms with Gasteiger partial charge in [0, 0.05) is 51.9 Å². The topological polar surface area (TPSA) is 73.0 Å². The molecule has 7 nitrogen and oxygen atoms in total. The lowest BCUT2D eigenvalue weighted by molar-refractivity contribution is -0.134. The Bertz CT molecular complexity index is 709. The number of carbonyl (C=O) groups excluding carboxylic acids is 1. The lowest BCUT2D eigenvalue weighted by Gasteiger charge is -2.37. The summed E-state index contributed by atoms with van der Waals surface area (Å²) in [6.07, 6.45) is 0. The van der Waals surface area contributed by atoms with E-state index in [0.29, 0.717) is 38.8 Å². The maximum Gasteiger partial charge on any atom is 0.236 e. The van der Waals surface area contributed by atoms with Crippen LogP contribution in [-0.4, -0.2) is 86.8 Å². The molecule has 9 heteroatoms. The predicted octanol–water partition coefficient (Wildman–Crippen LogP) is 0.376. The summed E-state index contributed by atoms with van der Waals surface area (Å²) in [7, 11) is -3.34. The highest BCUT2D eigenvalue weighted by Gasteiger charge is 2.30. The number of rotatable bonds is 5. The van der Waals surface area contributed by atoms with Crippen LogP contribution in [-0.2, 0) is 20.6 Å². The van der Waals surface area contributed by atoms with E-state index in [1.165, 1.54) is 4.31 Å². The molecule has 0 spiro atoms. The molecule has 0 aromatic heterocycles. The van der Waals surface area contributed by atoms with Gasteiger partial charge in [-0.15, -0.1) is 12.4 Å². The van der Waals surface area contributed by atoms with Crippen molar-refractivity contribution < 1.29 is 13.2 Å². The number of nitrogens with one attached hydrogen (secondary N) is 1. The summed E-state index contributed by atoms with van der Waals surface area (Å²) in [5.41, 5.74) is 0.790. The van der Waals surface area contributed by atoms with Gasteiger partial charge in [0.2, 0.25) is 15.9 Å². The van der Waals surface area contributed by atoms with E-state index in [0.717, 1.165) is 25.2 Å². The Morgan fingerprint density at radius 1 is 1.11 bits per heavy atom. The van der Waals surface area contributed by atoms with Crippen LogP contribution in [0.2, 0.25) is 0 Å². The van der Waals surface area contributed by atoms with E-state index in [9.17, 15) is 13.2 Å². The molecule has 1 N–H and O–H groups in total. The first-order valence-electron chi connectivity index (χ1n) is 9.20. The van der Waals surface area contributed by atoms with Crippen LogP contribution in [0.25, 0.3) is 0 Å². The van der Waals surface area contributed by atoms with E-state index in [1.54, 1.807) is 4.90 Å². The molecule has 2 aliphatic rings. The molecule has 2 aliphatic heterocycles. The normalized spacial score (nSPS) is 22.3. The number of amides is 1. The molecule has 1 atom stereocenters. The van der Waals surface area contributed by atoms with Gasteiger partial charge in [-0.3, -0.25) is 9.69 Å². The number of hydrogen-bond donors (Lipinski definition) is 1. The highest BCUT2D eigenvalue weighted by atomic mass is 35.5. The molecule has 2 fully saturated rings. The number of halogens is 1. The van der Waals surface area contributed by atoms with Crippen molar-refractivity contribution >= 4 is 28.3 Å². The van der Waals surface area contributed by atoms with Crippen LogP contribution in [0.5, 0.6) is 0 Å². The van der Waals surface area contributed by atoms with Crippen molar-refractivity contribution in [3.63, 3.8) is 0 Å². The number of benzene rings is 1. The molecule has 152 valence electrons. The van der Waals surface area contributed by atoms with Gasteiger partial charge in [0.1, 0.15) is 0 Å². The fourth-order valence-electron chi connectivity index (χ4n) is 3.48. The molecule has 3 rings (SSSR count). The third-order valence-electron chi connectivity index (χ3n) is 5.15. The van der Waals surface area contributed by atoms with Crippen molar-refractivity contribution in [3.05, 3.63) is 35.9 Å². The molecule has 1 amide bonds. The number of piperazine rings is 2. The molecule has 27 heavy (non-hydrogen) atoms. The number of hydrogen-bond acceptors (Lipinski definition) is 5. The zero-order valence-electron chi connectivity index (χ0n) is 15.7. The summed E-state index contributed by atoms with van der Waals surface area (Å²) < 4.78 is 26.7. The summed E-state index contributed by atoms with van der Waals surface area (Å²) in [5, 5.41) is 3.32. The highest BCUT2D eigenvalue weighted by molar-refractivity contribution is 7.88. The highest BCUT2D eigenvalue weighted by Crippen LogP contribution is 2.14. The average Bonchev–Trinajstić information content (AvgIpc) is 2.64. The molecule has 2 saturated heterocycles. The van der Waals surface area contributed by atoms with Gasteiger partial charge in [0.05, 0.1) is 12.3 Å². The van der Waals surface area contributed by atoms with Gasteiger partial charge < -0.3 is 10.2 Å². The Kier molecular flexibility index (Phi) is 8.05. The zero-order valence-corrected chi connectivity index (χ0v) is 17.3. The number of nitrogens with zero attached hydrogens (tertiary/aromatic N) is 3. The summed E-state index contributed by atoms with van der Waals surface area (Å²) in [4.78, 5) is 16.5. The fraction of sp³-hybridized carbons (Fsp3) is 0.611. The monoisotopic (exact) mass is 416 g/mol. The molecular weight excluding hydrogens is 388 g/mol. The van der Waals surface area contributed by atoms with E-state index < -0.39 is 10.0 Å². The molecule has 1 aromatic rings. The van der Waals surface area contributed by atoms with Gasteiger partial charge in [-0.25, -0.2) is 8.42 Å². The minimum Gasteiger partial charge on any atom is -0.339 e. The van der Waals surface area contributed by atoms with Crippen LogP contribution in [0.4, 0.5) is 0 Å². The van der Waals surface area contributed by atoms with E-state index in [2.05, 4.69) is 17.1 Å². The molecular formula is C18H29ClN4O3S. The van der Waals surface area contributed by atoms with Crippen LogP contribution in [0.15, 0.2) is 30.3 Å². The molecule has 0 unspecified atom stereocenters. The molecule has 0 aliphatic carbocycles. The van der Waals surface area contributed by atoms with Gasteiger partial charge in [0.25, 0.3) is 0 Å². The molecule has 0 saturated carbocycles. The van der Waals surface area contributed by atoms with E-state index in [-0.39, 0.29) is 24.1 Å². The summed E-state index contributed by atoms with van der Waals surface area (Å²) in [6, 6.07) is 9.56. The van der Waals surface area contributed by atoms with Gasteiger partial charge in [-0.05, 0) is 12.5 Å². The maximum absolute atomic E-state index is 12.6. The van der Waals surface area contributed by atoms with Gasteiger partial charge in [-0.2, -0.15) is 4.31 Å². The van der Waals surface area contributed by atoms with Crippen molar-refractivity contribution in [2.24, 2.45) is 0 Å². The zero-order chi connectivity index (χ0) is 18.6. The predicted molar refractivity (Wildman–Crippen MR) is 108 cm³/mol. The Morgan fingerprint density at radius 2 is 1.78 bits per heavy atom. The Balaban J connectivity index is 0.00000261. The van der Waals surface area contributed by atoms with E-state index in [4.69, 9.17) is 0 Å². The van der Waals surface area contributed by atoms with Gasteiger partial charge in [0.15, 0.2) is 0 Å². The Labute approximate surface area is 168 Å². The summed E-state index contributed by atoms with van der Waals surface area (Å²) >= 11 is 0. The maximum atomic E-state index is 12.6. The van der Waals surface area contributed by atoms with Crippen LogP contribution >= 0.6 is 12.4 Å². The smallest absolute Gasteiger partial charge is 0.236 e. The summed E-state index contributed by atoms with van der Waals surface area (Å²) in [6.45, 7) is 6.89. The first-order valence-corrected chi connectivity index (χ1v) is 10.8. The molecule has 2 heterocycles. The standard InChI is InChI=1S/C18H28N4O3S.ClH/c1-16-13-19-7-8-21(16)14-18(23)20-9-11-22(12-10-20)26(24,25)15-17-5-3-2-4-6-17;/h2-6,16,19H,7-15H2,1H3;1H/t16-;/m0./s1. The summed E-state index contributed by atoms with van der Waals surface area (Å²) in [5.74, 6) is 0.110. The second-order valence-electron chi connectivity index (χ2n) is 7.05. The van der Waals surface area contributed by atoms with Gasteiger partial charge >= 0.3 is 0 Å². The minimum absolute atomic E-state index is 0. The number of carbonyl (C=O) groups is 1. The fourth-order valence-corrected chi connectivity index (χ4v) is 5.00.